The van der Waals surface area contributed by atoms with E-state index >= 15 is 0 Å². The minimum atomic E-state index is -1.13. The quantitative estimate of drug-likeness (QED) is 0.225. The SMILES string of the molecule is COc1cccc(Cn2cnc(CC(NC(=O)C3CCN(C(=O)/C=C/c4ccc(SC)c(Cl)c4Cl)CC3)C(=O)O)c2)c1. The molecule has 0 aliphatic carbocycles. The van der Waals surface area contributed by atoms with Crippen molar-refractivity contribution in [1.82, 2.24) is 19.8 Å². The number of halogens is 2. The van der Waals surface area contributed by atoms with Gasteiger partial charge in [-0.2, -0.15) is 0 Å². The number of nitrogens with zero attached hydrogens (tertiary/aromatic N) is 3. The van der Waals surface area contributed by atoms with Crippen LogP contribution in [0.25, 0.3) is 6.08 Å². The van der Waals surface area contributed by atoms with Gasteiger partial charge in [0.2, 0.25) is 11.8 Å². The molecular weight excluding hydrogens is 599 g/mol. The number of carbonyl (C=O) groups is 3. The van der Waals surface area contributed by atoms with Gasteiger partial charge in [0.15, 0.2) is 0 Å². The number of amides is 2. The van der Waals surface area contributed by atoms with Gasteiger partial charge in [-0.25, -0.2) is 9.78 Å². The standard InChI is InChI=1S/C30H32Cl2N4O5S/c1-41-23-5-3-4-19(14-23)16-35-17-22(33-18-35)15-24(30(39)40)34-29(38)21-10-12-36(13-11-21)26(37)9-7-20-6-8-25(42-2)28(32)27(20)31/h3-9,14,17-18,21,24H,10-13,15-16H2,1-2H3,(H,34,38)(H,39,40)/b9-7+. The van der Waals surface area contributed by atoms with Crippen molar-refractivity contribution < 1.29 is 24.2 Å². The maximum absolute atomic E-state index is 13.0. The molecule has 0 bridgehead atoms. The molecule has 1 fully saturated rings. The molecule has 2 aromatic carbocycles. The summed E-state index contributed by atoms with van der Waals surface area (Å²) in [6.45, 7) is 1.31. The van der Waals surface area contributed by atoms with E-state index in [0.717, 1.165) is 16.2 Å². The summed E-state index contributed by atoms with van der Waals surface area (Å²) in [6.07, 6.45) is 9.32. The molecule has 2 N–H and O–H groups in total. The third kappa shape index (κ3) is 8.08. The first kappa shape index (κ1) is 31.5. The molecule has 42 heavy (non-hydrogen) atoms. The van der Waals surface area contributed by atoms with E-state index in [4.69, 9.17) is 27.9 Å². The van der Waals surface area contributed by atoms with E-state index in [-0.39, 0.29) is 18.2 Å². The van der Waals surface area contributed by atoms with Crippen LogP contribution >= 0.6 is 35.0 Å². The van der Waals surface area contributed by atoms with E-state index in [1.807, 2.05) is 47.2 Å². The lowest BCUT2D eigenvalue weighted by Crippen LogP contribution is -2.48. The Bertz CT molecular complexity index is 1470. The number of nitrogens with one attached hydrogen (secondary N) is 1. The van der Waals surface area contributed by atoms with Crippen molar-refractivity contribution in [3.63, 3.8) is 0 Å². The van der Waals surface area contributed by atoms with E-state index in [2.05, 4.69) is 10.3 Å². The monoisotopic (exact) mass is 630 g/mol. The number of carbonyl (C=O) groups excluding carboxylic acids is 2. The van der Waals surface area contributed by atoms with Crippen LogP contribution in [0.15, 0.2) is 59.9 Å². The third-order valence-corrected chi connectivity index (χ3v) is 8.88. The molecule has 9 nitrogen and oxygen atoms in total. The highest BCUT2D eigenvalue weighted by Gasteiger charge is 2.30. The highest BCUT2D eigenvalue weighted by molar-refractivity contribution is 7.98. The van der Waals surface area contributed by atoms with Gasteiger partial charge in [0.1, 0.15) is 11.8 Å². The lowest BCUT2D eigenvalue weighted by molar-refractivity contribution is -0.142. The molecular formula is C30H32Cl2N4O5S. The number of carboxylic acids is 1. The van der Waals surface area contributed by atoms with Crippen molar-refractivity contribution in [3.8, 4) is 5.75 Å². The van der Waals surface area contributed by atoms with Crippen molar-refractivity contribution >= 4 is 58.8 Å². The van der Waals surface area contributed by atoms with Crippen molar-refractivity contribution in [2.75, 3.05) is 26.5 Å². The van der Waals surface area contributed by atoms with Crippen molar-refractivity contribution in [1.29, 1.82) is 0 Å². The Hall–Kier alpha value is -3.47. The van der Waals surface area contributed by atoms with Crippen molar-refractivity contribution in [2.45, 2.75) is 36.7 Å². The largest absolute Gasteiger partial charge is 0.497 e. The number of methoxy groups -OCH3 is 1. The van der Waals surface area contributed by atoms with E-state index in [1.54, 1.807) is 30.6 Å². The van der Waals surface area contributed by atoms with Gasteiger partial charge < -0.3 is 24.6 Å². The third-order valence-electron chi connectivity index (χ3n) is 7.09. The maximum atomic E-state index is 13.0. The number of hydrogen-bond acceptors (Lipinski definition) is 6. The van der Waals surface area contributed by atoms with E-state index in [0.29, 0.717) is 53.8 Å². The van der Waals surface area contributed by atoms with Gasteiger partial charge in [0, 0.05) is 49.1 Å². The van der Waals surface area contributed by atoms with E-state index < -0.39 is 17.9 Å². The van der Waals surface area contributed by atoms with Crippen LogP contribution in [0.4, 0.5) is 0 Å². The van der Waals surface area contributed by atoms with Crippen LogP contribution in [-0.2, 0) is 27.3 Å². The van der Waals surface area contributed by atoms with Crippen LogP contribution in [0.1, 0.15) is 29.7 Å². The Morgan fingerprint density at radius 3 is 2.64 bits per heavy atom. The second-order valence-corrected chi connectivity index (χ2v) is 11.5. The number of ether oxygens (including phenoxy) is 1. The Balaban J connectivity index is 1.28. The first-order chi connectivity index (χ1) is 20.2. The topological polar surface area (TPSA) is 114 Å². The second kappa shape index (κ2) is 14.6. The molecule has 1 unspecified atom stereocenters. The zero-order valence-corrected chi connectivity index (χ0v) is 25.6. The molecule has 1 aliphatic heterocycles. The van der Waals surface area contributed by atoms with Crippen molar-refractivity contribution in [2.24, 2.45) is 5.92 Å². The fourth-order valence-corrected chi connectivity index (χ4v) is 5.91. The Labute approximate surface area is 258 Å². The number of imidazole rings is 1. The molecule has 0 spiro atoms. The van der Waals surface area contributed by atoms with Gasteiger partial charge in [0.25, 0.3) is 0 Å². The first-order valence-corrected chi connectivity index (χ1v) is 15.3. The summed E-state index contributed by atoms with van der Waals surface area (Å²) in [7, 11) is 1.61. The summed E-state index contributed by atoms with van der Waals surface area (Å²) in [6, 6.07) is 10.2. The number of likely N-dealkylation sites (tertiary alicyclic amines) is 1. The summed E-state index contributed by atoms with van der Waals surface area (Å²) in [5.74, 6) is -1.30. The number of rotatable bonds is 11. The summed E-state index contributed by atoms with van der Waals surface area (Å²) >= 11 is 14.1. The lowest BCUT2D eigenvalue weighted by atomic mass is 9.95. The molecule has 1 aliphatic rings. The minimum absolute atomic E-state index is 0.0544. The van der Waals surface area contributed by atoms with Crippen LogP contribution < -0.4 is 10.1 Å². The van der Waals surface area contributed by atoms with E-state index in [1.165, 1.54) is 17.8 Å². The van der Waals surface area contributed by atoms with Crippen LogP contribution in [-0.4, -0.2) is 69.8 Å². The van der Waals surface area contributed by atoms with Gasteiger partial charge in [-0.05, 0) is 54.5 Å². The predicted molar refractivity (Wildman–Crippen MR) is 164 cm³/mol. The van der Waals surface area contributed by atoms with Gasteiger partial charge in [-0.3, -0.25) is 9.59 Å². The number of aliphatic carboxylic acids is 1. The van der Waals surface area contributed by atoms with Crippen LogP contribution in [0.3, 0.4) is 0 Å². The predicted octanol–water partition coefficient (Wildman–Crippen LogP) is 5.03. The van der Waals surface area contributed by atoms with Crippen molar-refractivity contribution in [3.05, 3.63) is 81.9 Å². The number of carboxylic acid groups (broad SMARTS) is 1. The number of benzene rings is 2. The molecule has 1 saturated heterocycles. The average molecular weight is 632 g/mol. The highest BCUT2D eigenvalue weighted by atomic mass is 35.5. The lowest BCUT2D eigenvalue weighted by Gasteiger charge is -2.31. The van der Waals surface area contributed by atoms with Crippen LogP contribution in [0.2, 0.25) is 10.0 Å². The molecule has 0 radical (unpaired) electrons. The molecule has 2 amide bonds. The normalized spacial score (nSPS) is 14.6. The summed E-state index contributed by atoms with van der Waals surface area (Å²) < 4.78 is 7.12. The number of piperidine rings is 1. The molecule has 3 aromatic rings. The Morgan fingerprint density at radius 2 is 1.95 bits per heavy atom. The minimum Gasteiger partial charge on any atom is -0.497 e. The molecule has 222 valence electrons. The summed E-state index contributed by atoms with van der Waals surface area (Å²) in [4.78, 5) is 44.5. The summed E-state index contributed by atoms with van der Waals surface area (Å²) in [5, 5.41) is 13.3. The Morgan fingerprint density at radius 1 is 1.19 bits per heavy atom. The van der Waals surface area contributed by atoms with Crippen LogP contribution in [0, 0.1) is 5.92 Å². The zero-order valence-electron chi connectivity index (χ0n) is 23.3. The second-order valence-electron chi connectivity index (χ2n) is 9.91. The highest BCUT2D eigenvalue weighted by Crippen LogP contribution is 2.35. The van der Waals surface area contributed by atoms with Gasteiger partial charge >= 0.3 is 5.97 Å². The number of thioether (sulfide) groups is 1. The number of aromatic nitrogens is 2. The molecule has 12 heteroatoms. The van der Waals surface area contributed by atoms with Gasteiger partial charge in [-0.15, -0.1) is 11.8 Å². The molecule has 4 rings (SSSR count). The van der Waals surface area contributed by atoms with Gasteiger partial charge in [-0.1, -0.05) is 41.4 Å². The fourth-order valence-electron chi connectivity index (χ4n) is 4.74. The molecule has 0 saturated carbocycles. The maximum Gasteiger partial charge on any atom is 0.326 e. The number of hydrogen-bond donors (Lipinski definition) is 2. The van der Waals surface area contributed by atoms with E-state index in [9.17, 15) is 19.5 Å². The molecule has 1 aromatic heterocycles. The molecule has 2 heterocycles. The smallest absolute Gasteiger partial charge is 0.326 e. The summed E-state index contributed by atoms with van der Waals surface area (Å²) in [5.41, 5.74) is 2.22. The first-order valence-electron chi connectivity index (χ1n) is 13.3. The Kier molecular flexibility index (Phi) is 11.0. The average Bonchev–Trinajstić information content (AvgIpc) is 3.43. The van der Waals surface area contributed by atoms with Crippen LogP contribution in [0.5, 0.6) is 5.75 Å². The zero-order chi connectivity index (χ0) is 30.2. The fraction of sp³-hybridized carbons (Fsp3) is 0.333. The molecule has 1 atom stereocenters. The van der Waals surface area contributed by atoms with Gasteiger partial charge in [0.05, 0.1) is 29.2 Å².